The van der Waals surface area contributed by atoms with Gasteiger partial charge in [-0.1, -0.05) is 32.4 Å². The second kappa shape index (κ2) is 10.6. The van der Waals surface area contributed by atoms with Crippen molar-refractivity contribution in [1.29, 1.82) is 0 Å². The first-order valence-corrected chi connectivity index (χ1v) is 10.9. The van der Waals surface area contributed by atoms with Crippen molar-refractivity contribution in [2.24, 2.45) is 5.92 Å². The van der Waals surface area contributed by atoms with Crippen molar-refractivity contribution in [2.75, 3.05) is 36.6 Å². The molecule has 2 aliphatic heterocycles. The SMILES string of the molecule is CC[C@H](C)[C@H](NC(=O)COCCF)C(=O)N[C@H]1CNc2cccc3c2N(C1=O)[C@H](C(=O)O)C3. The van der Waals surface area contributed by atoms with Crippen LogP contribution >= 0.6 is 0 Å². The highest BCUT2D eigenvalue weighted by molar-refractivity contribution is 6.09. The van der Waals surface area contributed by atoms with Crippen molar-refractivity contribution in [3.63, 3.8) is 0 Å². The highest BCUT2D eigenvalue weighted by Crippen LogP contribution is 2.40. The Kier molecular flexibility index (Phi) is 7.85. The Labute approximate surface area is 190 Å². The lowest BCUT2D eigenvalue weighted by atomic mass is 9.98. The number of carboxylic acid groups (broad SMARTS) is 1. The molecule has 4 atom stereocenters. The maximum Gasteiger partial charge on any atom is 0.327 e. The zero-order valence-electron chi connectivity index (χ0n) is 18.6. The molecule has 0 aliphatic carbocycles. The van der Waals surface area contributed by atoms with E-state index < -0.39 is 48.5 Å². The number of halogens is 1. The lowest BCUT2D eigenvalue weighted by Gasteiger charge is -2.28. The zero-order valence-corrected chi connectivity index (χ0v) is 18.6. The Bertz CT molecular complexity index is 926. The van der Waals surface area contributed by atoms with Crippen LogP contribution in [-0.2, 0) is 30.3 Å². The predicted molar refractivity (Wildman–Crippen MR) is 118 cm³/mol. The molecule has 0 aromatic heterocycles. The van der Waals surface area contributed by atoms with Gasteiger partial charge in [0.15, 0.2) is 0 Å². The van der Waals surface area contributed by atoms with E-state index in [9.17, 15) is 28.7 Å². The van der Waals surface area contributed by atoms with Gasteiger partial charge in [0.2, 0.25) is 11.8 Å². The molecule has 1 aromatic rings. The summed E-state index contributed by atoms with van der Waals surface area (Å²) in [5.41, 5.74) is 1.88. The number of ether oxygens (including phenoxy) is 1. The lowest BCUT2D eigenvalue weighted by Crippen LogP contribution is -2.59. The average molecular weight is 464 g/mol. The number of amides is 3. The average Bonchev–Trinajstić information content (AvgIpc) is 3.13. The van der Waals surface area contributed by atoms with Crippen molar-refractivity contribution >= 4 is 35.1 Å². The van der Waals surface area contributed by atoms with Crippen LogP contribution in [-0.4, -0.2) is 73.4 Å². The molecule has 0 fully saturated rings. The van der Waals surface area contributed by atoms with E-state index in [0.29, 0.717) is 17.8 Å². The van der Waals surface area contributed by atoms with Gasteiger partial charge in [0.05, 0.1) is 18.0 Å². The van der Waals surface area contributed by atoms with Gasteiger partial charge in [0.25, 0.3) is 5.91 Å². The summed E-state index contributed by atoms with van der Waals surface area (Å²) in [4.78, 5) is 51.7. The topological polar surface area (TPSA) is 137 Å². The van der Waals surface area contributed by atoms with Gasteiger partial charge < -0.3 is 25.8 Å². The molecular formula is C22H29FN4O6. The van der Waals surface area contributed by atoms with Gasteiger partial charge >= 0.3 is 5.97 Å². The van der Waals surface area contributed by atoms with Gasteiger partial charge in [0, 0.05) is 13.0 Å². The number of nitrogens with one attached hydrogen (secondary N) is 3. The smallest absolute Gasteiger partial charge is 0.327 e. The number of carboxylic acids is 1. The van der Waals surface area contributed by atoms with E-state index in [-0.39, 0.29) is 32.1 Å². The number of nitrogens with zero attached hydrogens (tertiary/aromatic N) is 1. The summed E-state index contributed by atoms with van der Waals surface area (Å²) in [5.74, 6) is -3.06. The van der Waals surface area contributed by atoms with Crippen molar-refractivity contribution in [2.45, 2.75) is 44.8 Å². The number of carbonyl (C=O) groups excluding carboxylic acids is 3. The van der Waals surface area contributed by atoms with Gasteiger partial charge in [-0.3, -0.25) is 19.3 Å². The quantitative estimate of drug-likeness (QED) is 0.369. The Morgan fingerprint density at radius 1 is 1.36 bits per heavy atom. The molecular weight excluding hydrogens is 435 g/mol. The molecule has 33 heavy (non-hydrogen) atoms. The molecule has 0 saturated heterocycles. The molecule has 1 aromatic carbocycles. The van der Waals surface area contributed by atoms with E-state index in [2.05, 4.69) is 16.0 Å². The second-order valence-electron chi connectivity index (χ2n) is 8.19. The molecule has 4 N–H and O–H groups in total. The minimum atomic E-state index is -1.13. The Morgan fingerprint density at radius 2 is 2.12 bits per heavy atom. The van der Waals surface area contributed by atoms with Crippen molar-refractivity contribution < 1.29 is 33.4 Å². The monoisotopic (exact) mass is 464 g/mol. The molecule has 2 heterocycles. The van der Waals surface area contributed by atoms with E-state index in [1.165, 1.54) is 4.90 Å². The van der Waals surface area contributed by atoms with Crippen molar-refractivity contribution in [1.82, 2.24) is 10.6 Å². The summed E-state index contributed by atoms with van der Waals surface area (Å²) in [6, 6.07) is 2.27. The van der Waals surface area contributed by atoms with Crippen LogP contribution in [0.1, 0.15) is 25.8 Å². The molecule has 180 valence electrons. The highest BCUT2D eigenvalue weighted by Gasteiger charge is 2.44. The van der Waals surface area contributed by atoms with Crippen molar-refractivity contribution in [3.8, 4) is 0 Å². The Hall–Kier alpha value is -3.21. The van der Waals surface area contributed by atoms with Crippen LogP contribution in [0.15, 0.2) is 18.2 Å². The number of alkyl halides is 1. The van der Waals surface area contributed by atoms with Gasteiger partial charge in [-0.25, -0.2) is 9.18 Å². The van der Waals surface area contributed by atoms with E-state index in [0.717, 1.165) is 5.56 Å². The van der Waals surface area contributed by atoms with Gasteiger partial charge in [-0.15, -0.1) is 0 Å². The third kappa shape index (κ3) is 5.24. The number of benzene rings is 1. The Morgan fingerprint density at radius 3 is 2.79 bits per heavy atom. The first-order valence-electron chi connectivity index (χ1n) is 10.9. The van der Waals surface area contributed by atoms with E-state index in [1.54, 1.807) is 25.1 Å². The third-order valence-electron chi connectivity index (χ3n) is 5.99. The summed E-state index contributed by atoms with van der Waals surface area (Å²) in [5, 5.41) is 18.1. The summed E-state index contributed by atoms with van der Waals surface area (Å²) < 4.78 is 17.1. The standard InChI is InChI=1S/C22H29FN4O6/c1-3-12(2)18(26-17(28)11-33-8-7-23)20(29)25-15-10-24-14-6-4-5-13-9-16(22(31)32)27(19(13)14)21(15)30/h4-6,12,15-16,18,24H,3,7-11H2,1-2H3,(H,25,29)(H,26,28)(H,31,32)/t12-,15-,16-,18-/m0/s1. The first-order chi connectivity index (χ1) is 15.8. The van der Waals surface area contributed by atoms with Gasteiger partial charge in [-0.05, 0) is 17.5 Å². The van der Waals surface area contributed by atoms with Crippen LogP contribution in [0.3, 0.4) is 0 Å². The third-order valence-corrected chi connectivity index (χ3v) is 5.99. The zero-order chi connectivity index (χ0) is 24.1. The highest BCUT2D eigenvalue weighted by atomic mass is 19.1. The number of carbonyl (C=O) groups is 4. The van der Waals surface area contributed by atoms with Crippen LogP contribution in [0.5, 0.6) is 0 Å². The summed E-state index contributed by atoms with van der Waals surface area (Å²) >= 11 is 0. The predicted octanol–water partition coefficient (Wildman–Crippen LogP) is 0.456. The molecule has 3 amide bonds. The van der Waals surface area contributed by atoms with Crippen LogP contribution in [0.2, 0.25) is 0 Å². The summed E-state index contributed by atoms with van der Waals surface area (Å²) in [6.45, 7) is 2.36. The van der Waals surface area contributed by atoms with E-state index in [4.69, 9.17) is 4.74 Å². The minimum Gasteiger partial charge on any atom is -0.480 e. The van der Waals surface area contributed by atoms with Crippen molar-refractivity contribution in [3.05, 3.63) is 23.8 Å². The molecule has 0 radical (unpaired) electrons. The fourth-order valence-electron chi connectivity index (χ4n) is 4.08. The molecule has 3 rings (SSSR count). The molecule has 0 saturated carbocycles. The number of para-hydroxylation sites is 1. The lowest BCUT2D eigenvalue weighted by molar-refractivity contribution is -0.140. The molecule has 2 aliphatic rings. The maximum atomic E-state index is 13.3. The number of hydrogen-bond acceptors (Lipinski definition) is 6. The fourth-order valence-corrected chi connectivity index (χ4v) is 4.08. The molecule has 0 unspecified atom stereocenters. The molecule has 11 heteroatoms. The van der Waals surface area contributed by atoms with Gasteiger partial charge in [-0.2, -0.15) is 0 Å². The van der Waals surface area contributed by atoms with E-state index in [1.807, 2.05) is 6.92 Å². The first kappa shape index (κ1) is 24.4. The van der Waals surface area contributed by atoms with Gasteiger partial charge in [0.1, 0.15) is 31.4 Å². The largest absolute Gasteiger partial charge is 0.480 e. The van der Waals surface area contributed by atoms with Crippen LogP contribution in [0, 0.1) is 5.92 Å². The fraction of sp³-hybridized carbons (Fsp3) is 0.545. The molecule has 0 bridgehead atoms. The Balaban J connectivity index is 1.77. The van der Waals surface area contributed by atoms with Crippen LogP contribution < -0.4 is 20.9 Å². The van der Waals surface area contributed by atoms with Crippen LogP contribution in [0.25, 0.3) is 0 Å². The number of anilines is 2. The number of aliphatic carboxylic acids is 1. The second-order valence-corrected chi connectivity index (χ2v) is 8.19. The number of rotatable bonds is 10. The van der Waals surface area contributed by atoms with Crippen LogP contribution in [0.4, 0.5) is 15.8 Å². The molecule has 10 nitrogen and oxygen atoms in total. The minimum absolute atomic E-state index is 0.0602. The van der Waals surface area contributed by atoms with E-state index >= 15 is 0 Å². The summed E-state index contributed by atoms with van der Waals surface area (Å²) in [7, 11) is 0. The summed E-state index contributed by atoms with van der Waals surface area (Å²) in [6.07, 6.45) is 0.750. The number of hydrogen-bond donors (Lipinski definition) is 4. The normalized spacial score (nSPS) is 20.8. The molecule has 0 spiro atoms. The maximum absolute atomic E-state index is 13.3.